The van der Waals surface area contributed by atoms with Gasteiger partial charge >= 0.3 is 0 Å². The lowest BCUT2D eigenvalue weighted by Gasteiger charge is -1.98. The zero-order chi connectivity index (χ0) is 15.4. The van der Waals surface area contributed by atoms with Crippen molar-refractivity contribution < 1.29 is 4.79 Å². The topological polar surface area (TPSA) is 107 Å². The van der Waals surface area contributed by atoms with Crippen LogP contribution in [0.25, 0.3) is 10.6 Å². The van der Waals surface area contributed by atoms with Gasteiger partial charge in [0.15, 0.2) is 0 Å². The molecule has 3 rings (SSSR count). The summed E-state index contributed by atoms with van der Waals surface area (Å²) in [5.74, 6) is -0.135. The Balaban J connectivity index is 1.57. The first-order chi connectivity index (χ1) is 10.7. The predicted molar refractivity (Wildman–Crippen MR) is 86.6 cm³/mol. The van der Waals surface area contributed by atoms with Crippen molar-refractivity contribution in [1.29, 1.82) is 0 Å². The van der Waals surface area contributed by atoms with Gasteiger partial charge in [-0.3, -0.25) is 4.79 Å². The molecule has 0 spiro atoms. The second-order valence-electron chi connectivity index (χ2n) is 4.36. The average molecular weight is 332 g/mol. The van der Waals surface area contributed by atoms with E-state index in [-0.39, 0.29) is 5.91 Å². The molecule has 7 nitrogen and oxygen atoms in total. The van der Waals surface area contributed by atoms with Crippen LogP contribution in [0, 0.1) is 0 Å². The number of hydrogen-bond donors (Lipinski definition) is 2. The van der Waals surface area contributed by atoms with Gasteiger partial charge < -0.3 is 11.1 Å². The predicted octanol–water partition coefficient (Wildman–Crippen LogP) is 2.21. The van der Waals surface area contributed by atoms with E-state index in [1.165, 1.54) is 22.7 Å². The first-order valence-corrected chi connectivity index (χ1v) is 8.10. The second kappa shape index (κ2) is 6.58. The summed E-state index contributed by atoms with van der Waals surface area (Å²) < 4.78 is 0. The lowest BCUT2D eigenvalue weighted by Crippen LogP contribution is -2.12. The van der Waals surface area contributed by atoms with Crippen molar-refractivity contribution in [2.75, 3.05) is 11.1 Å². The molecule has 0 saturated heterocycles. The maximum absolute atomic E-state index is 11.9. The molecule has 22 heavy (non-hydrogen) atoms. The third kappa shape index (κ3) is 3.62. The number of benzene rings is 1. The minimum Gasteiger partial charge on any atom is -0.374 e. The first-order valence-electron chi connectivity index (χ1n) is 6.47. The van der Waals surface area contributed by atoms with Gasteiger partial charge in [-0.15, -0.1) is 20.4 Å². The van der Waals surface area contributed by atoms with E-state index in [1.54, 1.807) is 0 Å². The number of aryl methyl sites for hydroxylation is 1. The van der Waals surface area contributed by atoms with Crippen molar-refractivity contribution >= 4 is 38.8 Å². The maximum Gasteiger partial charge on any atom is 0.226 e. The second-order valence-corrected chi connectivity index (χ2v) is 6.43. The highest BCUT2D eigenvalue weighted by Gasteiger charge is 2.10. The average Bonchev–Trinajstić information content (AvgIpc) is 3.15. The van der Waals surface area contributed by atoms with Crippen molar-refractivity contribution in [3.8, 4) is 10.6 Å². The Morgan fingerprint density at radius 2 is 1.91 bits per heavy atom. The van der Waals surface area contributed by atoms with Gasteiger partial charge in [0.2, 0.25) is 16.2 Å². The Kier molecular flexibility index (Phi) is 4.35. The maximum atomic E-state index is 11.9. The van der Waals surface area contributed by atoms with E-state index in [2.05, 4.69) is 25.7 Å². The molecule has 2 aromatic heterocycles. The number of nitrogens with zero attached hydrogens (tertiary/aromatic N) is 4. The Bertz CT molecular complexity index is 770. The summed E-state index contributed by atoms with van der Waals surface area (Å²) in [6.45, 7) is 0. The fraction of sp³-hybridized carbons (Fsp3) is 0.154. The molecule has 1 aromatic carbocycles. The summed E-state index contributed by atoms with van der Waals surface area (Å²) in [7, 11) is 0. The van der Waals surface area contributed by atoms with Gasteiger partial charge in [-0.1, -0.05) is 53.0 Å². The van der Waals surface area contributed by atoms with Gasteiger partial charge in [0.05, 0.1) is 0 Å². The normalized spacial score (nSPS) is 10.5. The highest BCUT2D eigenvalue weighted by molar-refractivity contribution is 7.18. The largest absolute Gasteiger partial charge is 0.374 e. The van der Waals surface area contributed by atoms with Crippen molar-refractivity contribution in [2.24, 2.45) is 0 Å². The molecule has 3 aromatic rings. The van der Waals surface area contributed by atoms with Gasteiger partial charge in [0.25, 0.3) is 0 Å². The van der Waals surface area contributed by atoms with Crippen LogP contribution < -0.4 is 11.1 Å². The van der Waals surface area contributed by atoms with E-state index in [0.717, 1.165) is 15.6 Å². The fourth-order valence-corrected chi connectivity index (χ4v) is 3.12. The molecule has 0 unspecified atom stereocenters. The molecule has 2 heterocycles. The lowest BCUT2D eigenvalue weighted by molar-refractivity contribution is -0.116. The molecule has 0 saturated carbocycles. The third-order valence-corrected chi connectivity index (χ3v) is 4.44. The summed E-state index contributed by atoms with van der Waals surface area (Å²) in [5.41, 5.74) is 6.47. The molecule has 3 N–H and O–H groups in total. The summed E-state index contributed by atoms with van der Waals surface area (Å²) in [6, 6.07) is 9.71. The minimum atomic E-state index is -0.135. The van der Waals surface area contributed by atoms with Crippen molar-refractivity contribution in [3.63, 3.8) is 0 Å². The van der Waals surface area contributed by atoms with Crippen LogP contribution in [0.4, 0.5) is 10.3 Å². The number of anilines is 2. The van der Waals surface area contributed by atoms with Crippen molar-refractivity contribution in [3.05, 3.63) is 35.3 Å². The number of nitrogens with one attached hydrogen (secondary N) is 1. The zero-order valence-electron chi connectivity index (χ0n) is 11.4. The number of carbonyl (C=O) groups excluding carboxylic acids is 1. The van der Waals surface area contributed by atoms with Crippen LogP contribution in [0.1, 0.15) is 11.4 Å². The number of amides is 1. The van der Waals surface area contributed by atoms with E-state index in [9.17, 15) is 4.79 Å². The summed E-state index contributed by atoms with van der Waals surface area (Å²) in [4.78, 5) is 11.9. The summed E-state index contributed by atoms with van der Waals surface area (Å²) in [5, 5.41) is 20.8. The molecule has 0 aliphatic carbocycles. The Labute approximate surface area is 134 Å². The molecule has 0 fully saturated rings. The number of carbonyl (C=O) groups is 1. The first kappa shape index (κ1) is 14.5. The molecule has 1 amide bonds. The Morgan fingerprint density at radius 3 is 2.64 bits per heavy atom. The number of rotatable bonds is 5. The molecule has 0 aliphatic rings. The Morgan fingerprint density at radius 1 is 1.09 bits per heavy atom. The summed E-state index contributed by atoms with van der Waals surface area (Å²) >= 11 is 2.63. The van der Waals surface area contributed by atoms with E-state index in [0.29, 0.717) is 23.1 Å². The molecule has 0 radical (unpaired) electrons. The SMILES string of the molecule is Nc1nnc(CCC(=O)Nc2nnc(-c3ccccc3)s2)s1. The van der Waals surface area contributed by atoms with Gasteiger partial charge in [-0.25, -0.2) is 0 Å². The highest BCUT2D eigenvalue weighted by atomic mass is 32.1. The van der Waals surface area contributed by atoms with Crippen molar-refractivity contribution in [1.82, 2.24) is 20.4 Å². The van der Waals surface area contributed by atoms with Crippen LogP contribution in [0.15, 0.2) is 30.3 Å². The number of hydrogen-bond acceptors (Lipinski definition) is 8. The summed E-state index contributed by atoms with van der Waals surface area (Å²) in [6.07, 6.45) is 0.805. The molecule has 0 aliphatic heterocycles. The minimum absolute atomic E-state index is 0.135. The molecule has 9 heteroatoms. The molecule has 0 atom stereocenters. The van der Waals surface area contributed by atoms with Crippen LogP contribution in [0.3, 0.4) is 0 Å². The van der Waals surface area contributed by atoms with Crippen LogP contribution in [-0.2, 0) is 11.2 Å². The number of aromatic nitrogens is 4. The van der Waals surface area contributed by atoms with Crippen molar-refractivity contribution in [2.45, 2.75) is 12.8 Å². The molecule has 112 valence electrons. The lowest BCUT2D eigenvalue weighted by atomic mass is 10.2. The van der Waals surface area contributed by atoms with Crippen LogP contribution in [0.2, 0.25) is 0 Å². The van der Waals surface area contributed by atoms with E-state index >= 15 is 0 Å². The van der Waals surface area contributed by atoms with Crippen LogP contribution in [0.5, 0.6) is 0 Å². The zero-order valence-corrected chi connectivity index (χ0v) is 13.0. The van der Waals surface area contributed by atoms with E-state index < -0.39 is 0 Å². The highest BCUT2D eigenvalue weighted by Crippen LogP contribution is 2.26. The van der Waals surface area contributed by atoms with Crippen LogP contribution in [-0.4, -0.2) is 26.3 Å². The van der Waals surface area contributed by atoms with E-state index in [4.69, 9.17) is 5.73 Å². The van der Waals surface area contributed by atoms with Crippen LogP contribution >= 0.6 is 22.7 Å². The Hall–Kier alpha value is -2.39. The quantitative estimate of drug-likeness (QED) is 0.742. The molecule has 0 bridgehead atoms. The van der Waals surface area contributed by atoms with E-state index in [1.807, 2.05) is 30.3 Å². The number of nitrogen functional groups attached to an aromatic ring is 1. The van der Waals surface area contributed by atoms with Gasteiger partial charge in [-0.05, 0) is 0 Å². The smallest absolute Gasteiger partial charge is 0.226 e. The van der Waals surface area contributed by atoms with Gasteiger partial charge in [0.1, 0.15) is 10.0 Å². The fourth-order valence-electron chi connectivity index (χ4n) is 1.74. The monoisotopic (exact) mass is 332 g/mol. The molecular formula is C13H12N6OS2. The van der Waals surface area contributed by atoms with Gasteiger partial charge in [0, 0.05) is 18.4 Å². The standard InChI is InChI=1S/C13H12N6OS2/c14-12-18-16-10(21-12)7-6-9(20)15-13-19-17-11(22-13)8-4-2-1-3-5-8/h1-5H,6-7H2,(H2,14,18)(H,15,19,20). The van der Waals surface area contributed by atoms with Gasteiger partial charge in [-0.2, -0.15) is 0 Å². The number of nitrogens with two attached hydrogens (primary N) is 1. The third-order valence-electron chi connectivity index (χ3n) is 2.74. The molecular weight excluding hydrogens is 320 g/mol.